The van der Waals surface area contributed by atoms with Crippen LogP contribution in [-0.2, 0) is 9.59 Å². The van der Waals surface area contributed by atoms with Crippen molar-refractivity contribution in [1.82, 2.24) is 5.32 Å². The van der Waals surface area contributed by atoms with Gasteiger partial charge in [-0.1, -0.05) is 11.6 Å². The van der Waals surface area contributed by atoms with E-state index in [-0.39, 0.29) is 11.3 Å². The number of ketones is 1. The van der Waals surface area contributed by atoms with Crippen molar-refractivity contribution in [2.24, 2.45) is 10.9 Å². The van der Waals surface area contributed by atoms with E-state index < -0.39 is 35.5 Å². The van der Waals surface area contributed by atoms with Gasteiger partial charge in [0.1, 0.15) is 17.5 Å². The molecule has 0 bridgehead atoms. The summed E-state index contributed by atoms with van der Waals surface area (Å²) < 4.78 is 5.70. The van der Waals surface area contributed by atoms with Crippen molar-refractivity contribution in [2.75, 3.05) is 5.32 Å². The summed E-state index contributed by atoms with van der Waals surface area (Å²) in [6, 6.07) is 16.8. The topological polar surface area (TPSA) is 134 Å². The molecule has 0 spiro atoms. The Hall–Kier alpha value is -4.50. The second kappa shape index (κ2) is 10.4. The average molecular weight is 506 g/mol. The van der Waals surface area contributed by atoms with E-state index in [0.29, 0.717) is 27.8 Å². The fourth-order valence-corrected chi connectivity index (χ4v) is 3.52. The lowest BCUT2D eigenvalue weighted by Gasteiger charge is -2.17. The molecule has 1 unspecified atom stereocenters. The van der Waals surface area contributed by atoms with Crippen molar-refractivity contribution in [3.63, 3.8) is 0 Å². The zero-order valence-electron chi connectivity index (χ0n) is 18.9. The van der Waals surface area contributed by atoms with Crippen LogP contribution in [0, 0.1) is 5.92 Å². The Labute approximate surface area is 210 Å². The number of carboxylic acids is 1. The predicted octanol–water partition coefficient (Wildman–Crippen LogP) is 4.49. The summed E-state index contributed by atoms with van der Waals surface area (Å²) in [6.45, 7) is 1.51. The van der Waals surface area contributed by atoms with Crippen molar-refractivity contribution in [3.05, 3.63) is 82.9 Å². The number of ether oxygens (including phenoxy) is 1. The Morgan fingerprint density at radius 2 is 1.64 bits per heavy atom. The number of carboxylic acid groups (broad SMARTS) is 1. The summed E-state index contributed by atoms with van der Waals surface area (Å²) in [5.41, 5.74) is 1.02. The maximum atomic E-state index is 12.6. The molecule has 0 aromatic heterocycles. The number of halogens is 1. The molecule has 2 amide bonds. The van der Waals surface area contributed by atoms with Crippen LogP contribution in [0.4, 0.5) is 11.4 Å². The SMILES string of the molecule is C[C@H](NC(=O)c1ccc(Oc2ccc(Cl)cc2)cc1)C(=O)Nc1ccc2c(c1)C(=O)C(C(=O)O)C=N2. The zero-order chi connectivity index (χ0) is 25.8. The fourth-order valence-electron chi connectivity index (χ4n) is 3.40. The molecule has 9 nitrogen and oxygen atoms in total. The number of carbonyl (C=O) groups is 4. The van der Waals surface area contributed by atoms with Gasteiger partial charge in [-0.15, -0.1) is 0 Å². The van der Waals surface area contributed by atoms with Gasteiger partial charge in [0.25, 0.3) is 5.91 Å². The van der Waals surface area contributed by atoms with Crippen LogP contribution in [0.2, 0.25) is 5.02 Å². The maximum Gasteiger partial charge on any atom is 0.319 e. The second-order valence-electron chi connectivity index (χ2n) is 7.96. The van der Waals surface area contributed by atoms with Crippen LogP contribution in [0.5, 0.6) is 11.5 Å². The van der Waals surface area contributed by atoms with E-state index in [4.69, 9.17) is 21.4 Å². The minimum Gasteiger partial charge on any atom is -0.480 e. The summed E-state index contributed by atoms with van der Waals surface area (Å²) >= 11 is 5.86. The summed E-state index contributed by atoms with van der Waals surface area (Å²) in [6.07, 6.45) is 1.08. The van der Waals surface area contributed by atoms with Crippen LogP contribution in [-0.4, -0.2) is 40.9 Å². The Kier molecular flexibility index (Phi) is 7.12. The molecule has 1 aliphatic rings. The normalized spacial score (nSPS) is 14.9. The van der Waals surface area contributed by atoms with Gasteiger partial charge in [-0.05, 0) is 73.7 Å². The van der Waals surface area contributed by atoms with Gasteiger partial charge >= 0.3 is 5.97 Å². The summed E-state index contributed by atoms with van der Waals surface area (Å²) in [4.78, 5) is 52.8. The predicted molar refractivity (Wildman–Crippen MR) is 134 cm³/mol. The first-order chi connectivity index (χ1) is 17.2. The third-order valence-corrected chi connectivity index (χ3v) is 5.60. The largest absolute Gasteiger partial charge is 0.480 e. The molecule has 0 saturated heterocycles. The van der Waals surface area contributed by atoms with E-state index in [2.05, 4.69) is 15.6 Å². The second-order valence-corrected chi connectivity index (χ2v) is 8.39. The molecule has 0 fully saturated rings. The highest BCUT2D eigenvalue weighted by atomic mass is 35.5. The number of hydrogen-bond acceptors (Lipinski definition) is 6. The minimum atomic E-state index is -1.37. The molecule has 2 atom stereocenters. The summed E-state index contributed by atoms with van der Waals surface area (Å²) in [7, 11) is 0. The maximum absolute atomic E-state index is 12.6. The van der Waals surface area contributed by atoms with E-state index in [1.54, 1.807) is 48.5 Å². The van der Waals surface area contributed by atoms with E-state index in [9.17, 15) is 19.2 Å². The van der Waals surface area contributed by atoms with Gasteiger partial charge in [-0.2, -0.15) is 0 Å². The van der Waals surface area contributed by atoms with E-state index in [0.717, 1.165) is 6.21 Å². The van der Waals surface area contributed by atoms with E-state index >= 15 is 0 Å². The van der Waals surface area contributed by atoms with Crippen molar-refractivity contribution in [2.45, 2.75) is 13.0 Å². The highest BCUT2D eigenvalue weighted by Crippen LogP contribution is 2.29. The lowest BCUT2D eigenvalue weighted by molar-refractivity contribution is -0.137. The molecule has 0 aliphatic carbocycles. The Balaban J connectivity index is 1.36. The molecule has 182 valence electrons. The van der Waals surface area contributed by atoms with Gasteiger partial charge < -0.3 is 20.5 Å². The van der Waals surface area contributed by atoms with Crippen LogP contribution in [0.3, 0.4) is 0 Å². The molecule has 3 N–H and O–H groups in total. The number of aliphatic carboxylic acids is 1. The van der Waals surface area contributed by atoms with Gasteiger partial charge in [0.05, 0.1) is 5.69 Å². The molecule has 3 aromatic rings. The lowest BCUT2D eigenvalue weighted by atomic mass is 9.94. The first kappa shape index (κ1) is 24.6. The van der Waals surface area contributed by atoms with Crippen LogP contribution in [0.1, 0.15) is 27.6 Å². The monoisotopic (exact) mass is 505 g/mol. The van der Waals surface area contributed by atoms with Crippen LogP contribution in [0.15, 0.2) is 71.7 Å². The number of carbonyl (C=O) groups excluding carboxylic acids is 3. The highest BCUT2D eigenvalue weighted by Gasteiger charge is 2.30. The number of amides is 2. The number of Topliss-reactive ketones (excluding diaryl/α,β-unsaturated/α-hetero) is 1. The first-order valence-electron chi connectivity index (χ1n) is 10.8. The number of anilines is 1. The van der Waals surface area contributed by atoms with Gasteiger partial charge in [0.2, 0.25) is 5.91 Å². The first-order valence-corrected chi connectivity index (χ1v) is 11.2. The third-order valence-electron chi connectivity index (χ3n) is 5.35. The summed E-state index contributed by atoms with van der Waals surface area (Å²) in [5.74, 6) is -3.16. The van der Waals surface area contributed by atoms with Crippen molar-refractivity contribution in [3.8, 4) is 11.5 Å². The fraction of sp³-hybridized carbons (Fsp3) is 0.115. The van der Waals surface area contributed by atoms with Gasteiger partial charge in [0.15, 0.2) is 11.7 Å². The van der Waals surface area contributed by atoms with E-state index in [1.807, 2.05) is 0 Å². The molecule has 1 aliphatic heterocycles. The number of nitrogens with one attached hydrogen (secondary N) is 2. The molecule has 0 radical (unpaired) electrons. The molecule has 1 heterocycles. The lowest BCUT2D eigenvalue weighted by Crippen LogP contribution is -2.41. The number of aliphatic imine (C=N–C) groups is 1. The highest BCUT2D eigenvalue weighted by molar-refractivity contribution is 6.30. The molecule has 10 heteroatoms. The molecular weight excluding hydrogens is 486 g/mol. The number of fused-ring (bicyclic) bond motifs is 1. The average Bonchev–Trinajstić information content (AvgIpc) is 2.86. The molecule has 36 heavy (non-hydrogen) atoms. The van der Waals surface area contributed by atoms with Crippen molar-refractivity contribution < 1.29 is 29.0 Å². The third kappa shape index (κ3) is 5.59. The van der Waals surface area contributed by atoms with Crippen LogP contribution >= 0.6 is 11.6 Å². The van der Waals surface area contributed by atoms with Gasteiger partial charge in [-0.3, -0.25) is 24.2 Å². The van der Waals surface area contributed by atoms with Crippen molar-refractivity contribution >= 4 is 52.8 Å². The van der Waals surface area contributed by atoms with E-state index in [1.165, 1.54) is 25.1 Å². The summed E-state index contributed by atoms with van der Waals surface area (Å²) in [5, 5.41) is 15.0. The molecule has 4 rings (SSSR count). The molecular formula is C26H20ClN3O6. The number of rotatable bonds is 7. The number of hydrogen-bond donors (Lipinski definition) is 3. The molecule has 0 saturated carbocycles. The van der Waals surface area contributed by atoms with Crippen LogP contribution in [0.25, 0.3) is 0 Å². The number of nitrogens with zero attached hydrogens (tertiary/aromatic N) is 1. The minimum absolute atomic E-state index is 0.0975. The molecule has 3 aromatic carbocycles. The standard InChI is InChI=1S/C26H20ClN3O6/c1-14(24(32)30-17-6-11-22-20(12-17)23(31)21(13-28-22)26(34)35)29-25(33)15-2-7-18(8-3-15)36-19-9-4-16(27)5-10-19/h2-14,21H,1H3,(H,29,33)(H,30,32)(H,34,35)/t14-,21?/m0/s1. The van der Waals surface area contributed by atoms with Gasteiger partial charge in [-0.25, -0.2) is 0 Å². The van der Waals surface area contributed by atoms with Crippen molar-refractivity contribution in [1.29, 1.82) is 0 Å². The Bertz CT molecular complexity index is 1370. The quantitative estimate of drug-likeness (QED) is 0.405. The van der Waals surface area contributed by atoms with Gasteiger partial charge in [0, 0.05) is 28.1 Å². The smallest absolute Gasteiger partial charge is 0.319 e. The number of benzene rings is 3. The van der Waals surface area contributed by atoms with Crippen LogP contribution < -0.4 is 15.4 Å². The zero-order valence-corrected chi connectivity index (χ0v) is 19.7. The Morgan fingerprint density at radius 3 is 2.28 bits per heavy atom. The Morgan fingerprint density at radius 1 is 1.00 bits per heavy atom.